The van der Waals surface area contributed by atoms with Gasteiger partial charge in [-0.25, -0.2) is 0 Å². The Hall–Kier alpha value is -4.18. The van der Waals surface area contributed by atoms with Gasteiger partial charge in [0.05, 0.1) is 6.61 Å². The van der Waals surface area contributed by atoms with Gasteiger partial charge in [-0.3, -0.25) is 4.79 Å². The van der Waals surface area contributed by atoms with Crippen LogP contribution in [0.3, 0.4) is 0 Å². The number of aromatic nitrogens is 2. The minimum absolute atomic E-state index is 0.0180. The number of methoxy groups -OCH3 is 1. The molecule has 1 aromatic heterocycles. The average Bonchev–Trinajstić information content (AvgIpc) is 2.78. The molecule has 3 rings (SSSR count). The number of nitrogens with zero attached hydrogens (tertiary/aromatic N) is 2. The van der Waals surface area contributed by atoms with Crippen LogP contribution in [-0.4, -0.2) is 41.3 Å². The lowest BCUT2D eigenvalue weighted by Crippen LogP contribution is -2.08. The topological polar surface area (TPSA) is 118 Å². The summed E-state index contributed by atoms with van der Waals surface area (Å²) < 4.78 is 24.8. The average molecular weight is 439 g/mol. The summed E-state index contributed by atoms with van der Waals surface area (Å²) in [6.07, 6.45) is 1.14. The SMILES string of the molecule is C=CC(=O)Nc1cccc(Nc2nc(Nc3ccc(OCCOC)cc3)nc(O)c2F)c1. The van der Waals surface area contributed by atoms with Crippen LogP contribution in [0.25, 0.3) is 0 Å². The van der Waals surface area contributed by atoms with Gasteiger partial charge < -0.3 is 30.5 Å². The number of anilines is 5. The second kappa shape index (κ2) is 10.7. The van der Waals surface area contributed by atoms with E-state index in [9.17, 15) is 14.3 Å². The summed E-state index contributed by atoms with van der Waals surface area (Å²) in [6, 6.07) is 13.5. The molecule has 10 heteroatoms. The van der Waals surface area contributed by atoms with Crippen molar-refractivity contribution in [3.63, 3.8) is 0 Å². The highest BCUT2D eigenvalue weighted by Gasteiger charge is 2.15. The summed E-state index contributed by atoms with van der Waals surface area (Å²) in [5.41, 5.74) is 1.52. The number of hydrogen-bond acceptors (Lipinski definition) is 8. The predicted octanol–water partition coefficient (Wildman–Crippen LogP) is 3.96. The molecular weight excluding hydrogens is 417 g/mol. The molecule has 1 heterocycles. The van der Waals surface area contributed by atoms with Crippen LogP contribution in [-0.2, 0) is 9.53 Å². The number of nitrogens with one attached hydrogen (secondary N) is 3. The molecule has 0 atom stereocenters. The lowest BCUT2D eigenvalue weighted by molar-refractivity contribution is -0.111. The Morgan fingerprint density at radius 1 is 1.09 bits per heavy atom. The number of benzene rings is 2. The van der Waals surface area contributed by atoms with Gasteiger partial charge in [-0.05, 0) is 48.5 Å². The molecule has 0 saturated carbocycles. The second-order valence-electron chi connectivity index (χ2n) is 6.42. The maximum atomic E-state index is 14.4. The van der Waals surface area contributed by atoms with Gasteiger partial charge >= 0.3 is 0 Å². The molecule has 32 heavy (non-hydrogen) atoms. The first kappa shape index (κ1) is 22.5. The van der Waals surface area contributed by atoms with Crippen LogP contribution in [0.4, 0.5) is 33.2 Å². The lowest BCUT2D eigenvalue weighted by Gasteiger charge is -2.12. The summed E-state index contributed by atoms with van der Waals surface area (Å²) in [5.74, 6) is -1.82. The number of carbonyl (C=O) groups excluding carboxylic acids is 1. The van der Waals surface area contributed by atoms with Crippen LogP contribution in [0.2, 0.25) is 0 Å². The van der Waals surface area contributed by atoms with Crippen molar-refractivity contribution in [2.75, 3.05) is 36.3 Å². The first-order valence-electron chi connectivity index (χ1n) is 9.54. The van der Waals surface area contributed by atoms with E-state index in [1.54, 1.807) is 55.6 Å². The minimum atomic E-state index is -1.02. The van der Waals surface area contributed by atoms with Gasteiger partial charge in [-0.2, -0.15) is 14.4 Å². The van der Waals surface area contributed by atoms with Gasteiger partial charge in [-0.1, -0.05) is 12.6 Å². The number of aromatic hydroxyl groups is 1. The molecule has 0 fully saturated rings. The zero-order valence-corrected chi connectivity index (χ0v) is 17.3. The Morgan fingerprint density at radius 2 is 1.84 bits per heavy atom. The quantitative estimate of drug-likeness (QED) is 0.277. The first-order chi connectivity index (χ1) is 15.5. The fraction of sp³-hybridized carbons (Fsp3) is 0.136. The minimum Gasteiger partial charge on any atom is -0.491 e. The smallest absolute Gasteiger partial charge is 0.255 e. The van der Waals surface area contributed by atoms with Gasteiger partial charge in [0.25, 0.3) is 5.88 Å². The van der Waals surface area contributed by atoms with Crippen molar-refractivity contribution in [2.24, 2.45) is 0 Å². The molecule has 0 saturated heterocycles. The monoisotopic (exact) mass is 439 g/mol. The highest BCUT2D eigenvalue weighted by atomic mass is 19.1. The molecule has 4 N–H and O–H groups in total. The van der Waals surface area contributed by atoms with Gasteiger partial charge in [0.15, 0.2) is 5.82 Å². The van der Waals surface area contributed by atoms with Crippen molar-refractivity contribution in [3.05, 3.63) is 67.0 Å². The van der Waals surface area contributed by atoms with E-state index in [0.717, 1.165) is 6.08 Å². The number of ether oxygens (including phenoxy) is 2. The molecule has 166 valence electrons. The molecule has 3 aromatic rings. The molecule has 0 spiro atoms. The van der Waals surface area contributed by atoms with E-state index in [4.69, 9.17) is 9.47 Å². The molecule has 0 aliphatic heterocycles. The molecule has 9 nitrogen and oxygen atoms in total. The normalized spacial score (nSPS) is 10.3. The molecule has 0 radical (unpaired) electrons. The number of amides is 1. The van der Waals surface area contributed by atoms with E-state index < -0.39 is 11.7 Å². The largest absolute Gasteiger partial charge is 0.491 e. The molecular formula is C22H22FN5O4. The van der Waals surface area contributed by atoms with Crippen LogP contribution in [0.15, 0.2) is 61.2 Å². The third-order valence-corrected chi connectivity index (χ3v) is 4.08. The van der Waals surface area contributed by atoms with E-state index in [1.165, 1.54) is 0 Å². The van der Waals surface area contributed by atoms with Crippen LogP contribution < -0.4 is 20.7 Å². The Balaban J connectivity index is 1.74. The van der Waals surface area contributed by atoms with Gasteiger partial charge in [0.1, 0.15) is 12.4 Å². The summed E-state index contributed by atoms with van der Waals surface area (Å²) in [6.45, 7) is 4.29. The molecule has 2 aromatic carbocycles. The molecule has 0 aliphatic carbocycles. The van der Waals surface area contributed by atoms with E-state index in [0.29, 0.717) is 36.0 Å². The zero-order chi connectivity index (χ0) is 22.9. The van der Waals surface area contributed by atoms with Crippen molar-refractivity contribution >= 4 is 34.7 Å². The van der Waals surface area contributed by atoms with Crippen molar-refractivity contribution in [2.45, 2.75) is 0 Å². The van der Waals surface area contributed by atoms with Crippen molar-refractivity contribution in [1.29, 1.82) is 0 Å². The Kier molecular flexibility index (Phi) is 7.55. The zero-order valence-electron chi connectivity index (χ0n) is 17.3. The summed E-state index contributed by atoms with van der Waals surface area (Å²) in [5, 5.41) is 18.2. The fourth-order valence-corrected chi connectivity index (χ4v) is 2.59. The summed E-state index contributed by atoms with van der Waals surface area (Å²) in [7, 11) is 1.59. The summed E-state index contributed by atoms with van der Waals surface area (Å²) >= 11 is 0. The third kappa shape index (κ3) is 6.16. The standard InChI is InChI=1S/C22H22FN5O4/c1-3-18(29)24-15-5-4-6-16(13-15)25-20-19(23)21(30)28-22(27-20)26-14-7-9-17(10-8-14)32-12-11-31-2/h3-10,13H,1,11-12H2,2H3,(H,24,29)(H3,25,26,27,28,30). The third-order valence-electron chi connectivity index (χ3n) is 4.08. The number of carbonyl (C=O) groups is 1. The highest BCUT2D eigenvalue weighted by molar-refractivity contribution is 5.99. The van der Waals surface area contributed by atoms with Crippen molar-refractivity contribution in [1.82, 2.24) is 9.97 Å². The lowest BCUT2D eigenvalue weighted by atomic mass is 10.2. The first-order valence-corrected chi connectivity index (χ1v) is 9.54. The predicted molar refractivity (Wildman–Crippen MR) is 119 cm³/mol. The number of hydrogen-bond donors (Lipinski definition) is 4. The van der Waals surface area contributed by atoms with E-state index >= 15 is 0 Å². The Bertz CT molecular complexity index is 1090. The van der Waals surface area contributed by atoms with Gasteiger partial charge in [0, 0.05) is 24.2 Å². The van der Waals surface area contributed by atoms with Crippen LogP contribution in [0, 0.1) is 5.82 Å². The van der Waals surface area contributed by atoms with E-state index in [2.05, 4.69) is 32.5 Å². The molecule has 1 amide bonds. The highest BCUT2D eigenvalue weighted by Crippen LogP contribution is 2.27. The van der Waals surface area contributed by atoms with Gasteiger partial charge in [-0.15, -0.1) is 0 Å². The van der Waals surface area contributed by atoms with Gasteiger partial charge in [0.2, 0.25) is 17.7 Å². The Morgan fingerprint density at radius 3 is 2.56 bits per heavy atom. The van der Waals surface area contributed by atoms with Crippen molar-refractivity contribution in [3.8, 4) is 11.6 Å². The molecule has 0 aliphatic rings. The maximum Gasteiger partial charge on any atom is 0.255 e. The molecule has 0 bridgehead atoms. The van der Waals surface area contributed by atoms with E-state index in [-0.39, 0.29) is 17.7 Å². The Labute approximate surface area is 183 Å². The maximum absolute atomic E-state index is 14.4. The molecule has 0 unspecified atom stereocenters. The van der Waals surface area contributed by atoms with Crippen molar-refractivity contribution < 1.29 is 23.8 Å². The number of rotatable bonds is 10. The second-order valence-corrected chi connectivity index (χ2v) is 6.42. The van der Waals surface area contributed by atoms with E-state index in [1.807, 2.05) is 0 Å². The fourth-order valence-electron chi connectivity index (χ4n) is 2.59. The number of halogens is 1. The van der Waals surface area contributed by atoms with Crippen LogP contribution in [0.1, 0.15) is 0 Å². The van der Waals surface area contributed by atoms with Crippen LogP contribution >= 0.6 is 0 Å². The summed E-state index contributed by atoms with van der Waals surface area (Å²) in [4.78, 5) is 19.3. The van der Waals surface area contributed by atoms with Crippen LogP contribution in [0.5, 0.6) is 11.6 Å².